The molecule has 1 aliphatic heterocycles. The summed E-state index contributed by atoms with van der Waals surface area (Å²) in [7, 11) is 0. The summed E-state index contributed by atoms with van der Waals surface area (Å²) >= 11 is 0. The van der Waals surface area contributed by atoms with Crippen LogP contribution in [0, 0.1) is 0 Å². The van der Waals surface area contributed by atoms with Gasteiger partial charge >= 0.3 is 0 Å². The van der Waals surface area contributed by atoms with Gasteiger partial charge in [0, 0.05) is 24.7 Å². The van der Waals surface area contributed by atoms with E-state index in [2.05, 4.69) is 36.5 Å². The van der Waals surface area contributed by atoms with Crippen LogP contribution in [-0.2, 0) is 6.54 Å². The fourth-order valence-corrected chi connectivity index (χ4v) is 2.38. The van der Waals surface area contributed by atoms with Crippen molar-refractivity contribution >= 4 is 0 Å². The number of nitrogens with one attached hydrogen (secondary N) is 1. The average molecular weight is 219 g/mol. The van der Waals surface area contributed by atoms with Gasteiger partial charge in [0.1, 0.15) is 0 Å². The van der Waals surface area contributed by atoms with Crippen molar-refractivity contribution in [1.29, 1.82) is 0 Å². The third-order valence-corrected chi connectivity index (χ3v) is 3.37. The van der Waals surface area contributed by atoms with Crippen molar-refractivity contribution in [2.75, 3.05) is 0 Å². The van der Waals surface area contributed by atoms with Crippen LogP contribution in [0.5, 0.6) is 0 Å². The lowest BCUT2D eigenvalue weighted by molar-refractivity contribution is 0.301. The highest BCUT2D eigenvalue weighted by atomic mass is 15.0. The van der Waals surface area contributed by atoms with Gasteiger partial charge < -0.3 is 16.8 Å². The lowest BCUT2D eigenvalue weighted by Gasteiger charge is -2.34. The van der Waals surface area contributed by atoms with Crippen molar-refractivity contribution in [3.05, 3.63) is 35.4 Å². The van der Waals surface area contributed by atoms with Crippen LogP contribution < -0.4 is 16.8 Å². The highest BCUT2D eigenvalue weighted by molar-refractivity contribution is 5.27. The molecule has 3 heteroatoms. The minimum atomic E-state index is 0.212. The van der Waals surface area contributed by atoms with Gasteiger partial charge in [0.15, 0.2) is 0 Å². The minimum absolute atomic E-state index is 0.212. The van der Waals surface area contributed by atoms with Crippen molar-refractivity contribution in [2.45, 2.75) is 44.4 Å². The Morgan fingerprint density at radius 3 is 2.94 bits per heavy atom. The second-order valence-electron chi connectivity index (χ2n) is 4.74. The van der Waals surface area contributed by atoms with Crippen molar-refractivity contribution in [2.24, 2.45) is 11.5 Å². The molecule has 0 amide bonds. The molecule has 3 unspecified atom stereocenters. The molecule has 0 bridgehead atoms. The molecule has 16 heavy (non-hydrogen) atoms. The first-order valence-electron chi connectivity index (χ1n) is 6.01. The molecule has 88 valence electrons. The molecule has 2 rings (SSSR count). The van der Waals surface area contributed by atoms with E-state index in [0.29, 0.717) is 12.6 Å². The highest BCUT2D eigenvalue weighted by Crippen LogP contribution is 2.25. The molecular weight excluding hydrogens is 198 g/mol. The molecular formula is C13H21N3. The van der Waals surface area contributed by atoms with Crippen LogP contribution in [0.1, 0.15) is 36.9 Å². The van der Waals surface area contributed by atoms with E-state index in [1.165, 1.54) is 11.1 Å². The van der Waals surface area contributed by atoms with E-state index in [0.717, 1.165) is 12.8 Å². The van der Waals surface area contributed by atoms with Crippen LogP contribution in [0.4, 0.5) is 0 Å². The molecule has 1 aliphatic rings. The van der Waals surface area contributed by atoms with Crippen LogP contribution in [-0.4, -0.2) is 12.1 Å². The summed E-state index contributed by atoms with van der Waals surface area (Å²) in [5, 5.41) is 3.57. The van der Waals surface area contributed by atoms with Crippen LogP contribution in [0.2, 0.25) is 0 Å². The van der Waals surface area contributed by atoms with E-state index in [1.807, 2.05) is 0 Å². The molecule has 0 radical (unpaired) electrons. The minimum Gasteiger partial charge on any atom is -0.326 e. The van der Waals surface area contributed by atoms with Gasteiger partial charge in [0.2, 0.25) is 0 Å². The molecule has 0 aliphatic carbocycles. The predicted molar refractivity (Wildman–Crippen MR) is 66.9 cm³/mol. The molecule has 3 atom stereocenters. The molecule has 1 fully saturated rings. The summed E-state index contributed by atoms with van der Waals surface area (Å²) < 4.78 is 0. The van der Waals surface area contributed by atoms with Crippen molar-refractivity contribution in [1.82, 2.24) is 5.32 Å². The Kier molecular flexibility index (Phi) is 3.59. The van der Waals surface area contributed by atoms with Gasteiger partial charge in [-0.2, -0.15) is 0 Å². The highest BCUT2D eigenvalue weighted by Gasteiger charge is 2.26. The van der Waals surface area contributed by atoms with Gasteiger partial charge in [-0.3, -0.25) is 0 Å². The lowest BCUT2D eigenvalue weighted by atomic mass is 9.89. The van der Waals surface area contributed by atoms with Crippen LogP contribution in [0.25, 0.3) is 0 Å². The van der Waals surface area contributed by atoms with Crippen molar-refractivity contribution in [3.8, 4) is 0 Å². The first kappa shape index (κ1) is 11.6. The Hall–Kier alpha value is -0.900. The molecule has 1 aromatic carbocycles. The third-order valence-electron chi connectivity index (χ3n) is 3.37. The molecule has 1 saturated heterocycles. The summed E-state index contributed by atoms with van der Waals surface area (Å²) in [6.07, 6.45) is 2.25. The van der Waals surface area contributed by atoms with E-state index >= 15 is 0 Å². The fourth-order valence-electron chi connectivity index (χ4n) is 2.38. The second-order valence-corrected chi connectivity index (χ2v) is 4.74. The number of nitrogens with two attached hydrogens (primary N) is 2. The number of hydrogen-bond acceptors (Lipinski definition) is 3. The van der Waals surface area contributed by atoms with Gasteiger partial charge in [-0.25, -0.2) is 0 Å². The van der Waals surface area contributed by atoms with E-state index in [1.54, 1.807) is 0 Å². The van der Waals surface area contributed by atoms with Crippen LogP contribution >= 0.6 is 0 Å². The van der Waals surface area contributed by atoms with E-state index in [9.17, 15) is 0 Å². The first-order chi connectivity index (χ1) is 7.70. The summed E-state index contributed by atoms with van der Waals surface area (Å²) in [5.41, 5.74) is 14.3. The smallest absolute Gasteiger partial charge is 0.0475 e. The summed E-state index contributed by atoms with van der Waals surface area (Å²) in [4.78, 5) is 0. The number of rotatable bonds is 2. The van der Waals surface area contributed by atoms with Gasteiger partial charge in [-0.1, -0.05) is 24.3 Å². The number of hydrogen-bond donors (Lipinski definition) is 3. The Bertz CT molecular complexity index is 351. The third kappa shape index (κ3) is 2.43. The fraction of sp³-hybridized carbons (Fsp3) is 0.538. The van der Waals surface area contributed by atoms with Gasteiger partial charge in [0.05, 0.1) is 0 Å². The van der Waals surface area contributed by atoms with Crippen molar-refractivity contribution < 1.29 is 0 Å². The Labute approximate surface area is 97.2 Å². The maximum atomic E-state index is 6.17. The summed E-state index contributed by atoms with van der Waals surface area (Å²) in [5.74, 6) is 0. The second kappa shape index (κ2) is 4.95. The molecule has 5 N–H and O–H groups in total. The number of benzene rings is 1. The van der Waals surface area contributed by atoms with Gasteiger partial charge in [0.25, 0.3) is 0 Å². The number of piperidine rings is 1. The van der Waals surface area contributed by atoms with Crippen molar-refractivity contribution in [3.63, 3.8) is 0 Å². The normalized spacial score (nSPS) is 30.3. The predicted octanol–water partition coefficient (Wildman–Crippen LogP) is 1.29. The Morgan fingerprint density at radius 1 is 1.38 bits per heavy atom. The van der Waals surface area contributed by atoms with E-state index < -0.39 is 0 Å². The molecule has 0 spiro atoms. The molecule has 1 heterocycles. The zero-order chi connectivity index (χ0) is 11.5. The van der Waals surface area contributed by atoms with Crippen LogP contribution in [0.3, 0.4) is 0 Å². The SMILES string of the molecule is CC1CCC(N)C(c2cccc(CN)c2)N1. The quantitative estimate of drug-likeness (QED) is 0.702. The van der Waals surface area contributed by atoms with Gasteiger partial charge in [-0.05, 0) is 30.9 Å². The summed E-state index contributed by atoms with van der Waals surface area (Å²) in [6.45, 7) is 2.80. The first-order valence-corrected chi connectivity index (χ1v) is 6.01. The molecule has 3 nitrogen and oxygen atoms in total. The van der Waals surface area contributed by atoms with Gasteiger partial charge in [-0.15, -0.1) is 0 Å². The van der Waals surface area contributed by atoms with Crippen LogP contribution in [0.15, 0.2) is 24.3 Å². The zero-order valence-electron chi connectivity index (χ0n) is 9.82. The monoisotopic (exact) mass is 219 g/mol. The average Bonchev–Trinajstić information content (AvgIpc) is 2.32. The maximum absolute atomic E-state index is 6.17. The standard InChI is InChI=1S/C13H21N3/c1-9-5-6-12(15)13(16-9)11-4-2-3-10(7-11)8-14/h2-4,7,9,12-13,16H,5-6,8,14-15H2,1H3. The Morgan fingerprint density at radius 2 is 2.19 bits per heavy atom. The molecule has 0 saturated carbocycles. The topological polar surface area (TPSA) is 64.1 Å². The lowest BCUT2D eigenvalue weighted by Crippen LogP contribution is -2.47. The summed E-state index contributed by atoms with van der Waals surface area (Å²) in [6, 6.07) is 9.45. The Balaban J connectivity index is 2.20. The largest absolute Gasteiger partial charge is 0.326 e. The van der Waals surface area contributed by atoms with E-state index in [4.69, 9.17) is 11.5 Å². The zero-order valence-corrected chi connectivity index (χ0v) is 9.82. The molecule has 1 aromatic rings. The molecule has 0 aromatic heterocycles. The maximum Gasteiger partial charge on any atom is 0.0475 e. The van der Waals surface area contributed by atoms with E-state index in [-0.39, 0.29) is 12.1 Å².